The minimum atomic E-state index is -0.435. The Morgan fingerprint density at radius 3 is 2.75 bits per heavy atom. The molecular weight excluding hydrogens is 258 g/mol. The molecule has 6 nitrogen and oxygen atoms in total. The number of aromatic nitrogens is 1. The van der Waals surface area contributed by atoms with Crippen molar-refractivity contribution in [3.8, 4) is 17.6 Å². The minimum Gasteiger partial charge on any atom is -0.505 e. The fraction of sp³-hybridized carbons (Fsp3) is 0.0714. The van der Waals surface area contributed by atoms with Gasteiger partial charge in [-0.1, -0.05) is 0 Å². The van der Waals surface area contributed by atoms with Crippen LogP contribution < -0.4 is 10.1 Å². The lowest BCUT2D eigenvalue weighted by Gasteiger charge is -2.07. The second-order valence-corrected chi connectivity index (χ2v) is 3.82. The zero-order valence-corrected chi connectivity index (χ0v) is 10.4. The van der Waals surface area contributed by atoms with E-state index in [2.05, 4.69) is 10.3 Å². The van der Waals surface area contributed by atoms with Crippen molar-refractivity contribution in [2.45, 2.75) is 0 Å². The van der Waals surface area contributed by atoms with Crippen LogP contribution in [0.5, 0.6) is 11.5 Å². The molecule has 0 aliphatic heterocycles. The van der Waals surface area contributed by atoms with Crippen LogP contribution in [-0.2, 0) is 0 Å². The van der Waals surface area contributed by atoms with E-state index >= 15 is 0 Å². The van der Waals surface area contributed by atoms with Gasteiger partial charge in [-0.05, 0) is 30.3 Å². The lowest BCUT2D eigenvalue weighted by Crippen LogP contribution is -2.12. The van der Waals surface area contributed by atoms with Crippen LogP contribution in [0.1, 0.15) is 10.4 Å². The van der Waals surface area contributed by atoms with Gasteiger partial charge in [0.25, 0.3) is 5.91 Å². The number of hydrogen-bond donors (Lipinski definition) is 2. The molecule has 1 aromatic carbocycles. The number of nitrogens with one attached hydrogen (secondary N) is 1. The van der Waals surface area contributed by atoms with Crippen LogP contribution in [-0.4, -0.2) is 22.6 Å². The van der Waals surface area contributed by atoms with E-state index in [0.29, 0.717) is 11.4 Å². The number of nitrogens with zero attached hydrogens (tertiary/aromatic N) is 2. The number of anilines is 1. The first kappa shape index (κ1) is 13.4. The monoisotopic (exact) mass is 269 g/mol. The lowest BCUT2D eigenvalue weighted by molar-refractivity contribution is 0.102. The number of pyridine rings is 1. The highest BCUT2D eigenvalue weighted by Gasteiger charge is 2.10. The number of nitriles is 1. The van der Waals surface area contributed by atoms with Gasteiger partial charge in [0, 0.05) is 11.9 Å². The Balaban J connectivity index is 2.05. The van der Waals surface area contributed by atoms with Crippen molar-refractivity contribution >= 4 is 11.6 Å². The number of benzene rings is 1. The molecule has 1 aromatic heterocycles. The van der Waals surface area contributed by atoms with Gasteiger partial charge in [-0.3, -0.25) is 9.78 Å². The Hall–Kier alpha value is -3.07. The van der Waals surface area contributed by atoms with Crippen molar-refractivity contribution in [1.82, 2.24) is 4.98 Å². The summed E-state index contributed by atoms with van der Waals surface area (Å²) in [6.07, 6.45) is 2.63. The minimum absolute atomic E-state index is 0.0312. The van der Waals surface area contributed by atoms with Gasteiger partial charge in [0.2, 0.25) is 0 Å². The van der Waals surface area contributed by atoms with Gasteiger partial charge < -0.3 is 15.2 Å². The van der Waals surface area contributed by atoms with Crippen LogP contribution in [0.15, 0.2) is 42.7 Å². The third-order valence-electron chi connectivity index (χ3n) is 2.46. The van der Waals surface area contributed by atoms with E-state index in [1.807, 2.05) is 6.07 Å². The number of ether oxygens (including phenoxy) is 1. The Kier molecular flexibility index (Phi) is 4.14. The Morgan fingerprint density at radius 1 is 1.35 bits per heavy atom. The first-order chi connectivity index (χ1) is 9.70. The fourth-order valence-electron chi connectivity index (χ4n) is 1.53. The van der Waals surface area contributed by atoms with Gasteiger partial charge in [0.05, 0.1) is 11.8 Å². The van der Waals surface area contributed by atoms with Crippen LogP contribution in [0.25, 0.3) is 0 Å². The summed E-state index contributed by atoms with van der Waals surface area (Å²) in [5.74, 6) is -0.0779. The number of carbonyl (C=O) groups is 1. The van der Waals surface area contributed by atoms with Crippen LogP contribution in [0.2, 0.25) is 0 Å². The quantitative estimate of drug-likeness (QED) is 0.884. The third kappa shape index (κ3) is 3.23. The van der Waals surface area contributed by atoms with Crippen molar-refractivity contribution in [2.75, 3.05) is 11.9 Å². The molecule has 0 unspecified atom stereocenters. The average Bonchev–Trinajstić information content (AvgIpc) is 2.47. The first-order valence-electron chi connectivity index (χ1n) is 5.75. The highest BCUT2D eigenvalue weighted by molar-refractivity contribution is 6.05. The Labute approximate surface area is 115 Å². The molecule has 2 aromatic rings. The molecule has 6 heteroatoms. The molecule has 0 bridgehead atoms. The van der Waals surface area contributed by atoms with Crippen LogP contribution >= 0.6 is 0 Å². The maximum atomic E-state index is 11.9. The van der Waals surface area contributed by atoms with Crippen molar-refractivity contribution in [1.29, 1.82) is 5.26 Å². The summed E-state index contributed by atoms with van der Waals surface area (Å²) in [5.41, 5.74) is 0.695. The lowest BCUT2D eigenvalue weighted by atomic mass is 10.2. The Bertz CT molecular complexity index is 647. The second kappa shape index (κ2) is 6.20. The molecule has 0 radical (unpaired) electrons. The van der Waals surface area contributed by atoms with Crippen LogP contribution in [0.4, 0.5) is 5.69 Å². The van der Waals surface area contributed by atoms with E-state index in [1.54, 1.807) is 24.3 Å². The van der Waals surface area contributed by atoms with Gasteiger partial charge in [-0.2, -0.15) is 5.26 Å². The molecule has 0 spiro atoms. The predicted molar refractivity (Wildman–Crippen MR) is 71.4 cm³/mol. The number of amides is 1. The smallest absolute Gasteiger partial charge is 0.259 e. The maximum absolute atomic E-state index is 11.9. The highest BCUT2D eigenvalue weighted by atomic mass is 16.5. The molecule has 1 amide bonds. The molecule has 0 saturated carbocycles. The van der Waals surface area contributed by atoms with E-state index in [0.717, 1.165) is 0 Å². The van der Waals surface area contributed by atoms with E-state index in [1.165, 1.54) is 18.5 Å². The zero-order chi connectivity index (χ0) is 14.4. The molecule has 1 heterocycles. The van der Waals surface area contributed by atoms with Crippen molar-refractivity contribution in [3.05, 3.63) is 48.3 Å². The molecule has 20 heavy (non-hydrogen) atoms. The van der Waals surface area contributed by atoms with Crippen LogP contribution in [0.3, 0.4) is 0 Å². The van der Waals surface area contributed by atoms with E-state index in [4.69, 9.17) is 10.00 Å². The maximum Gasteiger partial charge on any atom is 0.259 e. The van der Waals surface area contributed by atoms with Crippen molar-refractivity contribution in [3.63, 3.8) is 0 Å². The zero-order valence-electron chi connectivity index (χ0n) is 10.4. The summed E-state index contributed by atoms with van der Waals surface area (Å²) >= 11 is 0. The van der Waals surface area contributed by atoms with Gasteiger partial charge in [0.1, 0.15) is 17.6 Å². The molecule has 0 saturated heterocycles. The summed E-state index contributed by atoms with van der Waals surface area (Å²) in [5, 5.41) is 20.6. The second-order valence-electron chi connectivity index (χ2n) is 3.82. The normalized spacial score (nSPS) is 9.55. The van der Waals surface area contributed by atoms with Crippen molar-refractivity contribution < 1.29 is 14.6 Å². The van der Waals surface area contributed by atoms with Gasteiger partial charge in [0.15, 0.2) is 6.61 Å². The van der Waals surface area contributed by atoms with Gasteiger partial charge in [-0.25, -0.2) is 0 Å². The third-order valence-corrected chi connectivity index (χ3v) is 2.46. The number of carbonyl (C=O) groups excluding carboxylic acids is 1. The van der Waals surface area contributed by atoms with Crippen LogP contribution in [0, 0.1) is 11.3 Å². The average molecular weight is 269 g/mol. The molecule has 0 fully saturated rings. The molecule has 0 atom stereocenters. The summed E-state index contributed by atoms with van der Waals surface area (Å²) in [6, 6.07) is 9.85. The van der Waals surface area contributed by atoms with E-state index < -0.39 is 5.91 Å². The van der Waals surface area contributed by atoms with Crippen molar-refractivity contribution in [2.24, 2.45) is 0 Å². The first-order valence-corrected chi connectivity index (χ1v) is 5.75. The molecule has 2 rings (SSSR count). The Morgan fingerprint density at radius 2 is 2.10 bits per heavy atom. The number of hydrogen-bond acceptors (Lipinski definition) is 5. The molecular formula is C14H11N3O3. The van der Waals surface area contributed by atoms with E-state index in [9.17, 15) is 9.90 Å². The number of rotatable bonds is 4. The SMILES string of the molecule is N#CCOc1ccc(NC(=O)c2ccncc2O)cc1. The topological polar surface area (TPSA) is 95.2 Å². The van der Waals surface area contributed by atoms with Gasteiger partial charge >= 0.3 is 0 Å². The molecule has 0 aliphatic rings. The summed E-state index contributed by atoms with van der Waals surface area (Å²) in [4.78, 5) is 15.6. The van der Waals surface area contributed by atoms with E-state index in [-0.39, 0.29) is 17.9 Å². The molecule has 100 valence electrons. The summed E-state index contributed by atoms with van der Waals surface area (Å²) in [7, 11) is 0. The van der Waals surface area contributed by atoms with Gasteiger partial charge in [-0.15, -0.1) is 0 Å². The fourth-order valence-corrected chi connectivity index (χ4v) is 1.53. The predicted octanol–water partition coefficient (Wildman–Crippen LogP) is 1.94. The summed E-state index contributed by atoms with van der Waals surface area (Å²) < 4.78 is 5.10. The summed E-state index contributed by atoms with van der Waals surface area (Å²) in [6.45, 7) is -0.0312. The number of aromatic hydroxyl groups is 1. The molecule has 0 aliphatic carbocycles. The highest BCUT2D eigenvalue weighted by Crippen LogP contribution is 2.19. The largest absolute Gasteiger partial charge is 0.505 e. The standard InChI is InChI=1S/C14H11N3O3/c15-6-8-20-11-3-1-10(2-4-11)17-14(19)12-5-7-16-9-13(12)18/h1-5,7,9,18H,8H2,(H,17,19). The molecule has 2 N–H and O–H groups in total.